The second-order valence-corrected chi connectivity index (χ2v) is 4.62. The van der Waals surface area contributed by atoms with E-state index in [0.717, 1.165) is 51.0 Å². The molecule has 1 N–H and O–H groups in total. The van der Waals surface area contributed by atoms with Gasteiger partial charge in [0.1, 0.15) is 6.29 Å². The topological polar surface area (TPSA) is 43.8 Å². The lowest BCUT2D eigenvalue weighted by Gasteiger charge is -2.36. The van der Waals surface area contributed by atoms with Gasteiger partial charge < -0.3 is 10.0 Å². The number of hydrogen-bond acceptors (Lipinski definition) is 4. The fourth-order valence-electron chi connectivity index (χ4n) is 2.29. The minimum atomic E-state index is 0.271. The molecule has 1 fully saturated rings. The summed E-state index contributed by atoms with van der Waals surface area (Å²) in [5.74, 6) is 0. The minimum absolute atomic E-state index is 0.271. The molecule has 0 saturated carbocycles. The Hall–Kier alpha value is -1.39. The first-order valence-electron chi connectivity index (χ1n) is 6.47. The number of aliphatic hydroxyl groups is 1. The molecule has 0 aliphatic carbocycles. The lowest BCUT2D eigenvalue weighted by molar-refractivity contribution is 0.112. The second-order valence-electron chi connectivity index (χ2n) is 4.62. The number of rotatable bonds is 5. The number of piperazine rings is 1. The number of carbonyl (C=O) groups is 1. The molecule has 0 bridgehead atoms. The van der Waals surface area contributed by atoms with Gasteiger partial charge in [-0.05, 0) is 30.7 Å². The van der Waals surface area contributed by atoms with Crippen LogP contribution in [0.5, 0.6) is 0 Å². The maximum atomic E-state index is 10.6. The van der Waals surface area contributed by atoms with Crippen molar-refractivity contribution in [2.24, 2.45) is 0 Å². The van der Waals surface area contributed by atoms with Gasteiger partial charge in [-0.1, -0.05) is 0 Å². The third-order valence-corrected chi connectivity index (χ3v) is 3.40. The van der Waals surface area contributed by atoms with Crippen LogP contribution in [0, 0.1) is 0 Å². The highest BCUT2D eigenvalue weighted by molar-refractivity contribution is 5.75. The van der Waals surface area contributed by atoms with E-state index >= 15 is 0 Å². The van der Waals surface area contributed by atoms with Crippen molar-refractivity contribution in [1.82, 2.24) is 4.90 Å². The smallest absolute Gasteiger partial charge is 0.150 e. The second kappa shape index (κ2) is 6.52. The molecule has 1 aromatic carbocycles. The zero-order chi connectivity index (χ0) is 12.8. The molecule has 1 saturated heterocycles. The molecule has 2 rings (SSSR count). The van der Waals surface area contributed by atoms with Crippen LogP contribution in [0.3, 0.4) is 0 Å². The summed E-state index contributed by atoms with van der Waals surface area (Å²) in [6, 6.07) is 7.74. The molecule has 1 aliphatic rings. The molecule has 1 aromatic rings. The van der Waals surface area contributed by atoms with Crippen LogP contribution < -0.4 is 4.90 Å². The number of anilines is 1. The highest BCUT2D eigenvalue weighted by Crippen LogP contribution is 2.16. The maximum absolute atomic E-state index is 10.6. The molecule has 1 heterocycles. The summed E-state index contributed by atoms with van der Waals surface area (Å²) in [7, 11) is 0. The van der Waals surface area contributed by atoms with E-state index < -0.39 is 0 Å². The highest BCUT2D eigenvalue weighted by atomic mass is 16.3. The molecule has 0 unspecified atom stereocenters. The summed E-state index contributed by atoms with van der Waals surface area (Å²) in [6.07, 6.45) is 1.73. The fraction of sp³-hybridized carbons (Fsp3) is 0.500. The summed E-state index contributed by atoms with van der Waals surface area (Å²) in [5, 5.41) is 8.81. The van der Waals surface area contributed by atoms with Crippen molar-refractivity contribution in [3.8, 4) is 0 Å². The largest absolute Gasteiger partial charge is 0.396 e. The Balaban J connectivity index is 1.86. The first-order chi connectivity index (χ1) is 8.83. The SMILES string of the molecule is O=Cc1ccc(N2CCN(CCCO)CC2)cc1. The van der Waals surface area contributed by atoms with Gasteiger partial charge >= 0.3 is 0 Å². The van der Waals surface area contributed by atoms with Crippen LogP contribution >= 0.6 is 0 Å². The third kappa shape index (κ3) is 3.31. The summed E-state index contributed by atoms with van der Waals surface area (Å²) in [4.78, 5) is 15.3. The quantitative estimate of drug-likeness (QED) is 0.790. The van der Waals surface area contributed by atoms with E-state index in [1.807, 2.05) is 24.3 Å². The number of nitrogens with zero attached hydrogens (tertiary/aromatic N) is 2. The van der Waals surface area contributed by atoms with Crippen LogP contribution in [0.15, 0.2) is 24.3 Å². The predicted molar refractivity (Wildman–Crippen MR) is 72.2 cm³/mol. The third-order valence-electron chi connectivity index (χ3n) is 3.40. The number of aliphatic hydroxyl groups excluding tert-OH is 1. The Bertz CT molecular complexity index is 370. The average molecular weight is 248 g/mol. The molecule has 4 nitrogen and oxygen atoms in total. The molecule has 0 radical (unpaired) electrons. The summed E-state index contributed by atoms with van der Waals surface area (Å²) < 4.78 is 0. The van der Waals surface area contributed by atoms with Crippen molar-refractivity contribution in [1.29, 1.82) is 0 Å². The number of carbonyl (C=O) groups excluding carboxylic acids is 1. The molecule has 98 valence electrons. The van der Waals surface area contributed by atoms with Crippen molar-refractivity contribution in [2.45, 2.75) is 6.42 Å². The average Bonchev–Trinajstić information content (AvgIpc) is 2.46. The first kappa shape index (κ1) is 13.1. The van der Waals surface area contributed by atoms with Crippen LogP contribution in [0.1, 0.15) is 16.8 Å². The van der Waals surface area contributed by atoms with E-state index in [1.165, 1.54) is 5.69 Å². The fourth-order valence-corrected chi connectivity index (χ4v) is 2.29. The van der Waals surface area contributed by atoms with Crippen molar-refractivity contribution in [2.75, 3.05) is 44.2 Å². The zero-order valence-electron chi connectivity index (χ0n) is 10.6. The Labute approximate surface area is 108 Å². The maximum Gasteiger partial charge on any atom is 0.150 e. The summed E-state index contributed by atoms with van der Waals surface area (Å²) >= 11 is 0. The van der Waals surface area contributed by atoms with E-state index in [-0.39, 0.29) is 6.61 Å². The lowest BCUT2D eigenvalue weighted by Crippen LogP contribution is -2.46. The normalized spacial score (nSPS) is 16.8. The number of benzene rings is 1. The van der Waals surface area contributed by atoms with Crippen LogP contribution in [0.4, 0.5) is 5.69 Å². The van der Waals surface area contributed by atoms with E-state index in [1.54, 1.807) is 0 Å². The van der Waals surface area contributed by atoms with Crippen molar-refractivity contribution in [3.63, 3.8) is 0 Å². The molecule has 0 aromatic heterocycles. The van der Waals surface area contributed by atoms with E-state index in [9.17, 15) is 4.79 Å². The van der Waals surface area contributed by atoms with Crippen molar-refractivity contribution in [3.05, 3.63) is 29.8 Å². The summed E-state index contributed by atoms with van der Waals surface area (Å²) in [5.41, 5.74) is 1.91. The van der Waals surface area contributed by atoms with Gasteiger partial charge in [-0.2, -0.15) is 0 Å². The van der Waals surface area contributed by atoms with Crippen LogP contribution in [-0.2, 0) is 0 Å². The predicted octanol–water partition coefficient (Wildman–Crippen LogP) is 1.00. The van der Waals surface area contributed by atoms with E-state index in [0.29, 0.717) is 0 Å². The van der Waals surface area contributed by atoms with Gasteiger partial charge in [0, 0.05) is 50.6 Å². The van der Waals surface area contributed by atoms with Crippen molar-refractivity contribution >= 4 is 12.0 Å². The van der Waals surface area contributed by atoms with Crippen LogP contribution in [0.25, 0.3) is 0 Å². The Morgan fingerprint density at radius 3 is 2.33 bits per heavy atom. The minimum Gasteiger partial charge on any atom is -0.396 e. The van der Waals surface area contributed by atoms with Crippen LogP contribution in [0.2, 0.25) is 0 Å². The molecule has 0 amide bonds. The molecule has 0 atom stereocenters. The van der Waals surface area contributed by atoms with Gasteiger partial charge in [0.05, 0.1) is 0 Å². The van der Waals surface area contributed by atoms with Gasteiger partial charge in [-0.3, -0.25) is 9.69 Å². The zero-order valence-corrected chi connectivity index (χ0v) is 10.6. The lowest BCUT2D eigenvalue weighted by atomic mass is 10.2. The Morgan fingerprint density at radius 2 is 1.78 bits per heavy atom. The molecule has 0 spiro atoms. The molecular formula is C14H20N2O2. The Morgan fingerprint density at radius 1 is 1.11 bits per heavy atom. The Kier molecular flexibility index (Phi) is 4.73. The van der Waals surface area contributed by atoms with Crippen molar-refractivity contribution < 1.29 is 9.90 Å². The molecule has 1 aliphatic heterocycles. The molecule has 18 heavy (non-hydrogen) atoms. The standard InChI is InChI=1S/C14H20N2O2/c17-11-1-6-15-7-9-16(10-8-15)14-4-2-13(12-18)3-5-14/h2-5,12,17H,1,6-11H2. The van der Waals surface area contributed by atoms with Crippen LogP contribution in [-0.4, -0.2) is 55.6 Å². The number of hydrogen-bond donors (Lipinski definition) is 1. The highest BCUT2D eigenvalue weighted by Gasteiger charge is 2.16. The van der Waals surface area contributed by atoms with Gasteiger partial charge in [0.15, 0.2) is 0 Å². The van der Waals surface area contributed by atoms with Gasteiger partial charge in [-0.15, -0.1) is 0 Å². The van der Waals surface area contributed by atoms with E-state index in [2.05, 4.69) is 9.80 Å². The van der Waals surface area contributed by atoms with E-state index in [4.69, 9.17) is 5.11 Å². The van der Waals surface area contributed by atoms with Gasteiger partial charge in [0.2, 0.25) is 0 Å². The summed E-state index contributed by atoms with van der Waals surface area (Å²) in [6.45, 7) is 5.34. The first-order valence-corrected chi connectivity index (χ1v) is 6.47. The van der Waals surface area contributed by atoms with Gasteiger partial charge in [0.25, 0.3) is 0 Å². The molecule has 4 heteroatoms. The van der Waals surface area contributed by atoms with Gasteiger partial charge in [-0.25, -0.2) is 0 Å². The monoisotopic (exact) mass is 248 g/mol. The number of aldehydes is 1. The molecular weight excluding hydrogens is 228 g/mol.